The second kappa shape index (κ2) is 7.51. The van der Waals surface area contributed by atoms with E-state index in [2.05, 4.69) is 0 Å². The van der Waals surface area contributed by atoms with E-state index in [0.29, 0.717) is 11.3 Å². The maximum atomic E-state index is 10.4. The van der Waals surface area contributed by atoms with E-state index in [0.717, 1.165) is 12.8 Å². The minimum absolute atomic E-state index is 0.0404. The molecule has 2 N–H and O–H groups in total. The topological polar surface area (TPSA) is 49.7 Å². The molecule has 0 amide bonds. The van der Waals surface area contributed by atoms with Crippen molar-refractivity contribution in [2.45, 2.75) is 58.8 Å². The number of rotatable bonds is 7. The summed E-state index contributed by atoms with van der Waals surface area (Å²) in [6.07, 6.45) is 0.0783. The van der Waals surface area contributed by atoms with E-state index in [1.54, 1.807) is 0 Å². The highest BCUT2D eigenvalue weighted by Gasteiger charge is 2.27. The first-order chi connectivity index (χ1) is 9.01. The Morgan fingerprint density at radius 1 is 1.05 bits per heavy atom. The minimum Gasteiger partial charge on any atom is -0.491 e. The second-order valence-corrected chi connectivity index (χ2v) is 5.22. The molecule has 0 aliphatic carbocycles. The Bertz CT molecular complexity index is 372. The smallest absolute Gasteiger partial charge is 0.125 e. The third-order valence-corrected chi connectivity index (χ3v) is 3.46. The summed E-state index contributed by atoms with van der Waals surface area (Å²) in [6.45, 7) is 7.95. The highest BCUT2D eigenvalue weighted by atomic mass is 16.5. The van der Waals surface area contributed by atoms with Gasteiger partial charge in [0.25, 0.3) is 0 Å². The van der Waals surface area contributed by atoms with E-state index < -0.39 is 12.2 Å². The van der Waals surface area contributed by atoms with Crippen LogP contribution in [-0.4, -0.2) is 22.4 Å². The summed E-state index contributed by atoms with van der Waals surface area (Å²) >= 11 is 0. The molecule has 0 bridgehead atoms. The Hall–Kier alpha value is -1.06. The molecule has 1 aromatic carbocycles. The third kappa shape index (κ3) is 4.22. The van der Waals surface area contributed by atoms with Crippen LogP contribution in [0.25, 0.3) is 0 Å². The number of hydrogen-bond donors (Lipinski definition) is 2. The van der Waals surface area contributed by atoms with Gasteiger partial charge in [0.2, 0.25) is 0 Å². The van der Waals surface area contributed by atoms with E-state index in [1.165, 1.54) is 0 Å². The average Bonchev–Trinajstić information content (AvgIpc) is 2.39. The fourth-order valence-corrected chi connectivity index (χ4v) is 2.30. The molecule has 0 aromatic heterocycles. The summed E-state index contributed by atoms with van der Waals surface area (Å²) in [4.78, 5) is 0. The average molecular weight is 266 g/mol. The summed E-state index contributed by atoms with van der Waals surface area (Å²) in [5.74, 6) is 0.747. The number of aliphatic hydroxyl groups excluding tert-OH is 2. The quantitative estimate of drug-likeness (QED) is 0.796. The van der Waals surface area contributed by atoms with Gasteiger partial charge in [0.05, 0.1) is 12.2 Å². The highest BCUT2D eigenvalue weighted by Crippen LogP contribution is 2.32. The molecule has 2 unspecified atom stereocenters. The van der Waals surface area contributed by atoms with Gasteiger partial charge in [0, 0.05) is 5.56 Å². The number of para-hydroxylation sites is 1. The molecular formula is C16H26O3. The molecule has 0 aliphatic heterocycles. The van der Waals surface area contributed by atoms with Crippen LogP contribution in [0.15, 0.2) is 24.3 Å². The first-order valence-corrected chi connectivity index (χ1v) is 7.12. The fraction of sp³-hybridized carbons (Fsp3) is 0.625. The van der Waals surface area contributed by atoms with Crippen molar-refractivity contribution in [3.05, 3.63) is 29.8 Å². The summed E-state index contributed by atoms with van der Waals surface area (Å²) < 4.78 is 5.69. The first kappa shape index (κ1) is 16.0. The summed E-state index contributed by atoms with van der Waals surface area (Å²) in [6, 6.07) is 7.37. The Morgan fingerprint density at radius 3 is 2.16 bits per heavy atom. The normalized spacial score (nSPS) is 14.7. The van der Waals surface area contributed by atoms with E-state index in [4.69, 9.17) is 4.74 Å². The van der Waals surface area contributed by atoms with Gasteiger partial charge in [-0.3, -0.25) is 0 Å². The lowest BCUT2D eigenvalue weighted by Crippen LogP contribution is -2.27. The molecule has 0 spiro atoms. The zero-order valence-corrected chi connectivity index (χ0v) is 12.3. The van der Waals surface area contributed by atoms with Crippen LogP contribution >= 0.6 is 0 Å². The molecule has 0 aliphatic rings. The molecule has 0 fully saturated rings. The molecule has 108 valence electrons. The SMILES string of the molecule is CCC(CC)C(O)C(O)c1ccccc1OC(C)C. The predicted molar refractivity (Wildman–Crippen MR) is 77.2 cm³/mol. The van der Waals surface area contributed by atoms with Crippen LogP contribution in [0.1, 0.15) is 52.2 Å². The second-order valence-electron chi connectivity index (χ2n) is 5.22. The molecule has 0 saturated carbocycles. The third-order valence-electron chi connectivity index (χ3n) is 3.46. The highest BCUT2D eigenvalue weighted by molar-refractivity contribution is 5.35. The van der Waals surface area contributed by atoms with Crippen molar-refractivity contribution in [1.82, 2.24) is 0 Å². The van der Waals surface area contributed by atoms with E-state index in [-0.39, 0.29) is 12.0 Å². The van der Waals surface area contributed by atoms with Crippen LogP contribution in [-0.2, 0) is 0 Å². The standard InChI is InChI=1S/C16H26O3/c1-5-12(6-2)15(17)16(18)13-9-7-8-10-14(13)19-11(3)4/h7-12,15-18H,5-6H2,1-4H3. The zero-order valence-electron chi connectivity index (χ0n) is 12.3. The summed E-state index contributed by atoms with van der Waals surface area (Å²) in [5, 5.41) is 20.7. The minimum atomic E-state index is -0.903. The molecule has 3 nitrogen and oxygen atoms in total. The van der Waals surface area contributed by atoms with Gasteiger partial charge >= 0.3 is 0 Å². The lowest BCUT2D eigenvalue weighted by molar-refractivity contribution is -0.0224. The molecule has 1 aromatic rings. The van der Waals surface area contributed by atoms with Crippen molar-refractivity contribution in [3.63, 3.8) is 0 Å². The molecular weight excluding hydrogens is 240 g/mol. The van der Waals surface area contributed by atoms with Gasteiger partial charge in [-0.05, 0) is 25.8 Å². The summed E-state index contributed by atoms with van der Waals surface area (Å²) in [7, 11) is 0. The Kier molecular flexibility index (Phi) is 6.32. The first-order valence-electron chi connectivity index (χ1n) is 7.12. The zero-order chi connectivity index (χ0) is 14.4. The number of hydrogen-bond acceptors (Lipinski definition) is 3. The van der Waals surface area contributed by atoms with Gasteiger partial charge in [0.1, 0.15) is 11.9 Å². The van der Waals surface area contributed by atoms with Gasteiger partial charge in [-0.25, -0.2) is 0 Å². The number of ether oxygens (including phenoxy) is 1. The lowest BCUT2D eigenvalue weighted by atomic mass is 9.89. The van der Waals surface area contributed by atoms with Gasteiger partial charge < -0.3 is 14.9 Å². The van der Waals surface area contributed by atoms with Crippen LogP contribution in [0.5, 0.6) is 5.75 Å². The largest absolute Gasteiger partial charge is 0.491 e. The summed E-state index contributed by atoms with van der Waals surface area (Å²) in [5.41, 5.74) is 0.663. The Labute approximate surface area is 116 Å². The molecule has 0 radical (unpaired) electrons. The van der Waals surface area contributed by atoms with Crippen molar-refractivity contribution >= 4 is 0 Å². The van der Waals surface area contributed by atoms with Crippen molar-refractivity contribution in [2.24, 2.45) is 5.92 Å². The van der Waals surface area contributed by atoms with Gasteiger partial charge in [-0.1, -0.05) is 44.9 Å². The van der Waals surface area contributed by atoms with Gasteiger partial charge in [-0.2, -0.15) is 0 Å². The van der Waals surface area contributed by atoms with E-state index in [9.17, 15) is 10.2 Å². The van der Waals surface area contributed by atoms with Crippen molar-refractivity contribution in [1.29, 1.82) is 0 Å². The van der Waals surface area contributed by atoms with Crippen LogP contribution in [0.4, 0.5) is 0 Å². The maximum absolute atomic E-state index is 10.4. The molecule has 2 atom stereocenters. The Morgan fingerprint density at radius 2 is 1.63 bits per heavy atom. The molecule has 0 heterocycles. The molecule has 3 heteroatoms. The van der Waals surface area contributed by atoms with Crippen LogP contribution in [0.2, 0.25) is 0 Å². The van der Waals surface area contributed by atoms with Crippen molar-refractivity contribution in [3.8, 4) is 5.75 Å². The van der Waals surface area contributed by atoms with Crippen LogP contribution in [0, 0.1) is 5.92 Å². The fourth-order valence-electron chi connectivity index (χ4n) is 2.30. The van der Waals surface area contributed by atoms with Crippen molar-refractivity contribution in [2.75, 3.05) is 0 Å². The van der Waals surface area contributed by atoms with E-state index in [1.807, 2.05) is 52.0 Å². The predicted octanol–water partition coefficient (Wildman–Crippen LogP) is 3.30. The van der Waals surface area contributed by atoms with Crippen LogP contribution < -0.4 is 4.74 Å². The van der Waals surface area contributed by atoms with Gasteiger partial charge in [-0.15, -0.1) is 0 Å². The molecule has 19 heavy (non-hydrogen) atoms. The molecule has 1 rings (SSSR count). The Balaban J connectivity index is 2.95. The molecule has 0 saturated heterocycles. The maximum Gasteiger partial charge on any atom is 0.125 e. The number of aliphatic hydroxyl groups is 2. The lowest BCUT2D eigenvalue weighted by Gasteiger charge is -2.27. The van der Waals surface area contributed by atoms with Crippen LogP contribution in [0.3, 0.4) is 0 Å². The van der Waals surface area contributed by atoms with E-state index >= 15 is 0 Å². The van der Waals surface area contributed by atoms with Crippen molar-refractivity contribution < 1.29 is 14.9 Å². The number of benzene rings is 1. The van der Waals surface area contributed by atoms with Gasteiger partial charge in [0.15, 0.2) is 0 Å². The monoisotopic (exact) mass is 266 g/mol.